The molecule has 0 saturated carbocycles. The summed E-state index contributed by atoms with van der Waals surface area (Å²) in [5.74, 6) is 0. The molecule has 1 aromatic rings. The SMILES string of the molecule is CC(C)(C)S(=O)(=O)c1ccc(C(F)(F)F)cc1[N+](=O)[O-]. The Labute approximate surface area is 113 Å². The van der Waals surface area contributed by atoms with Gasteiger partial charge in [-0.05, 0) is 32.9 Å². The first-order valence-electron chi connectivity index (χ1n) is 5.39. The Morgan fingerprint density at radius 1 is 1.15 bits per heavy atom. The molecule has 0 aromatic heterocycles. The molecule has 5 nitrogen and oxygen atoms in total. The van der Waals surface area contributed by atoms with E-state index in [1.165, 1.54) is 20.8 Å². The van der Waals surface area contributed by atoms with E-state index < -0.39 is 41.8 Å². The van der Waals surface area contributed by atoms with Crippen LogP contribution in [0.1, 0.15) is 26.3 Å². The van der Waals surface area contributed by atoms with Crippen molar-refractivity contribution >= 4 is 15.5 Å². The summed E-state index contributed by atoms with van der Waals surface area (Å²) in [6.07, 6.45) is -4.78. The number of nitro benzene ring substituents is 1. The number of rotatable bonds is 2. The molecule has 0 bridgehead atoms. The fourth-order valence-electron chi connectivity index (χ4n) is 1.39. The van der Waals surface area contributed by atoms with Gasteiger partial charge in [-0.2, -0.15) is 13.2 Å². The lowest BCUT2D eigenvalue weighted by Gasteiger charge is -2.19. The number of halogens is 3. The average molecular weight is 311 g/mol. The Bertz CT molecular complexity index is 645. The predicted molar refractivity (Wildman–Crippen MR) is 65.0 cm³/mol. The van der Waals surface area contributed by atoms with E-state index in [0.717, 1.165) is 0 Å². The van der Waals surface area contributed by atoms with Crippen molar-refractivity contribution in [1.82, 2.24) is 0 Å². The number of nitrogens with zero attached hydrogens (tertiary/aromatic N) is 1. The molecule has 0 saturated heterocycles. The third-order valence-corrected chi connectivity index (χ3v) is 5.12. The topological polar surface area (TPSA) is 77.3 Å². The van der Waals surface area contributed by atoms with Crippen molar-refractivity contribution in [2.24, 2.45) is 0 Å². The predicted octanol–water partition coefficient (Wildman–Crippen LogP) is 3.19. The molecular formula is C11H12F3NO4S. The van der Waals surface area contributed by atoms with Crippen molar-refractivity contribution in [2.75, 3.05) is 0 Å². The van der Waals surface area contributed by atoms with Crippen LogP contribution in [-0.4, -0.2) is 18.1 Å². The van der Waals surface area contributed by atoms with Crippen molar-refractivity contribution in [3.05, 3.63) is 33.9 Å². The normalized spacial score (nSPS) is 13.3. The van der Waals surface area contributed by atoms with E-state index in [1.807, 2.05) is 0 Å². The Balaban J connectivity index is 3.64. The largest absolute Gasteiger partial charge is 0.416 e. The first-order valence-corrected chi connectivity index (χ1v) is 6.87. The summed E-state index contributed by atoms with van der Waals surface area (Å²) >= 11 is 0. The van der Waals surface area contributed by atoms with Crippen LogP contribution in [0.3, 0.4) is 0 Å². The summed E-state index contributed by atoms with van der Waals surface area (Å²) in [7, 11) is -4.12. The van der Waals surface area contributed by atoms with E-state index in [9.17, 15) is 31.7 Å². The zero-order valence-corrected chi connectivity index (χ0v) is 11.7. The molecule has 0 unspecified atom stereocenters. The third kappa shape index (κ3) is 2.92. The molecule has 1 rings (SSSR count). The van der Waals surface area contributed by atoms with E-state index in [1.54, 1.807) is 0 Å². The molecule has 0 fully saturated rings. The fourth-order valence-corrected chi connectivity index (χ4v) is 2.71. The van der Waals surface area contributed by atoms with Crippen molar-refractivity contribution in [2.45, 2.75) is 36.6 Å². The van der Waals surface area contributed by atoms with Gasteiger partial charge in [-0.25, -0.2) is 8.42 Å². The zero-order valence-electron chi connectivity index (χ0n) is 10.9. The average Bonchev–Trinajstić information content (AvgIpc) is 2.25. The number of nitro groups is 1. The molecule has 9 heteroatoms. The molecule has 0 spiro atoms. The van der Waals surface area contributed by atoms with Gasteiger partial charge >= 0.3 is 6.18 Å². The Morgan fingerprint density at radius 2 is 1.65 bits per heavy atom. The Hall–Kier alpha value is -1.64. The van der Waals surface area contributed by atoms with E-state index >= 15 is 0 Å². The van der Waals surface area contributed by atoms with Crippen LogP contribution < -0.4 is 0 Å². The second-order valence-corrected chi connectivity index (χ2v) is 7.72. The van der Waals surface area contributed by atoms with Crippen molar-refractivity contribution in [3.63, 3.8) is 0 Å². The molecule has 0 heterocycles. The lowest BCUT2D eigenvalue weighted by molar-refractivity contribution is -0.388. The molecule has 0 atom stereocenters. The third-order valence-electron chi connectivity index (χ3n) is 2.58. The molecule has 0 N–H and O–H groups in total. The highest BCUT2D eigenvalue weighted by Crippen LogP contribution is 2.37. The van der Waals surface area contributed by atoms with Crippen LogP contribution >= 0.6 is 0 Å². The van der Waals surface area contributed by atoms with Gasteiger partial charge in [0.15, 0.2) is 9.84 Å². The highest BCUT2D eigenvalue weighted by molar-refractivity contribution is 7.92. The maximum atomic E-state index is 12.5. The summed E-state index contributed by atoms with van der Waals surface area (Å²) < 4.78 is 60.5. The minimum atomic E-state index is -4.78. The van der Waals surface area contributed by atoms with Crippen molar-refractivity contribution in [3.8, 4) is 0 Å². The number of hydrogen-bond donors (Lipinski definition) is 0. The van der Waals surface area contributed by atoms with Gasteiger partial charge in [0, 0.05) is 6.07 Å². The molecule has 0 radical (unpaired) electrons. The highest BCUT2D eigenvalue weighted by Gasteiger charge is 2.39. The van der Waals surface area contributed by atoms with Gasteiger partial charge in [0.1, 0.15) is 4.90 Å². The number of sulfone groups is 1. The number of benzene rings is 1. The van der Waals surface area contributed by atoms with E-state index in [4.69, 9.17) is 0 Å². The van der Waals surface area contributed by atoms with Gasteiger partial charge in [0.25, 0.3) is 5.69 Å². The van der Waals surface area contributed by atoms with Gasteiger partial charge in [0.2, 0.25) is 0 Å². The van der Waals surface area contributed by atoms with Crippen LogP contribution in [0.15, 0.2) is 23.1 Å². The quantitative estimate of drug-likeness (QED) is 0.621. The van der Waals surface area contributed by atoms with Gasteiger partial charge in [-0.1, -0.05) is 0 Å². The number of hydrogen-bond acceptors (Lipinski definition) is 4. The van der Waals surface area contributed by atoms with Crippen LogP contribution in [0.5, 0.6) is 0 Å². The molecule has 0 aliphatic carbocycles. The van der Waals surface area contributed by atoms with Crippen molar-refractivity contribution in [1.29, 1.82) is 0 Å². The van der Waals surface area contributed by atoms with Crippen LogP contribution in [0.4, 0.5) is 18.9 Å². The van der Waals surface area contributed by atoms with Crippen LogP contribution in [0, 0.1) is 10.1 Å². The molecule has 0 aliphatic heterocycles. The smallest absolute Gasteiger partial charge is 0.258 e. The molecule has 0 aliphatic rings. The maximum absolute atomic E-state index is 12.5. The second-order valence-electron chi connectivity index (χ2n) is 5.05. The Kier molecular flexibility index (Phi) is 3.88. The standard InChI is InChI=1S/C11H12F3NO4S/c1-10(2,3)20(18,19)9-5-4-7(11(12,13)14)6-8(9)15(16)17/h4-6H,1-3H3. The maximum Gasteiger partial charge on any atom is 0.416 e. The summed E-state index contributed by atoms with van der Waals surface area (Å²) in [6.45, 7) is 3.93. The first-order chi connectivity index (χ1) is 8.78. The van der Waals surface area contributed by atoms with E-state index in [2.05, 4.69) is 0 Å². The monoisotopic (exact) mass is 311 g/mol. The summed E-state index contributed by atoms with van der Waals surface area (Å²) in [6, 6.07) is 1.38. The minimum absolute atomic E-state index is 0.235. The fraction of sp³-hybridized carbons (Fsp3) is 0.455. The highest BCUT2D eigenvalue weighted by atomic mass is 32.2. The van der Waals surface area contributed by atoms with E-state index in [0.29, 0.717) is 12.1 Å². The summed E-state index contributed by atoms with van der Waals surface area (Å²) in [5.41, 5.74) is -2.34. The first kappa shape index (κ1) is 16.4. The second kappa shape index (κ2) is 4.72. The van der Waals surface area contributed by atoms with Gasteiger partial charge < -0.3 is 0 Å². The van der Waals surface area contributed by atoms with Crippen molar-refractivity contribution < 1.29 is 26.5 Å². The summed E-state index contributed by atoms with van der Waals surface area (Å²) in [4.78, 5) is 9.00. The van der Waals surface area contributed by atoms with Gasteiger partial charge in [-0.15, -0.1) is 0 Å². The minimum Gasteiger partial charge on any atom is -0.258 e. The summed E-state index contributed by atoms with van der Waals surface area (Å²) in [5, 5.41) is 10.8. The van der Waals surface area contributed by atoms with E-state index in [-0.39, 0.29) is 6.07 Å². The zero-order chi connectivity index (χ0) is 15.9. The molecule has 1 aromatic carbocycles. The van der Waals surface area contributed by atoms with Gasteiger partial charge in [0.05, 0.1) is 15.2 Å². The molecule has 20 heavy (non-hydrogen) atoms. The molecule has 112 valence electrons. The Morgan fingerprint density at radius 3 is 2.00 bits per heavy atom. The van der Waals surface area contributed by atoms with Gasteiger partial charge in [-0.3, -0.25) is 10.1 Å². The van der Waals surface area contributed by atoms with Crippen LogP contribution in [0.25, 0.3) is 0 Å². The lowest BCUT2D eigenvalue weighted by atomic mass is 10.2. The van der Waals surface area contributed by atoms with Crippen LogP contribution in [-0.2, 0) is 16.0 Å². The lowest BCUT2D eigenvalue weighted by Crippen LogP contribution is -2.28. The van der Waals surface area contributed by atoms with Crippen LogP contribution in [0.2, 0.25) is 0 Å². The number of alkyl halides is 3. The molecular weight excluding hydrogens is 299 g/mol. The molecule has 0 amide bonds.